The van der Waals surface area contributed by atoms with Gasteiger partial charge in [-0.1, -0.05) is 78.9 Å². The molecule has 0 radical (unpaired) electrons. The molecule has 39 heavy (non-hydrogen) atoms. The molecule has 0 atom stereocenters. The van der Waals surface area contributed by atoms with Crippen LogP contribution in [0.5, 0.6) is 0 Å². The zero-order chi connectivity index (χ0) is 25.8. The van der Waals surface area contributed by atoms with Crippen LogP contribution in [0, 0.1) is 0 Å². The topological polar surface area (TPSA) is 3.24 Å². The molecule has 0 aliphatic rings. The molecule has 0 spiro atoms. The maximum atomic E-state index is 2.40. The molecular weight excluding hydrogens is 511 g/mol. The Morgan fingerprint density at radius 2 is 0.949 bits per heavy atom. The molecule has 0 aliphatic heterocycles. The minimum absolute atomic E-state index is 1.15. The smallest absolute Gasteiger partial charge is 0.0475 e. The monoisotopic (exact) mass is 533 g/mol. The lowest BCUT2D eigenvalue weighted by Gasteiger charge is -2.26. The predicted molar refractivity (Wildman–Crippen MR) is 172 cm³/mol. The first-order valence-electron chi connectivity index (χ1n) is 13.1. The van der Waals surface area contributed by atoms with Crippen molar-refractivity contribution in [3.63, 3.8) is 0 Å². The lowest BCUT2D eigenvalue weighted by molar-refractivity contribution is 1.29. The highest BCUT2D eigenvalue weighted by atomic mass is 32.1. The first-order chi connectivity index (χ1) is 19.3. The van der Waals surface area contributed by atoms with Crippen LogP contribution in [0.1, 0.15) is 0 Å². The predicted octanol–water partition coefficient (Wildman–Crippen LogP) is 11.6. The van der Waals surface area contributed by atoms with Crippen molar-refractivity contribution in [1.82, 2.24) is 0 Å². The quantitative estimate of drug-likeness (QED) is 0.217. The summed E-state index contributed by atoms with van der Waals surface area (Å²) in [6.07, 6.45) is 0. The van der Waals surface area contributed by atoms with Crippen LogP contribution >= 0.6 is 22.7 Å². The zero-order valence-corrected chi connectivity index (χ0v) is 22.7. The molecule has 0 N–H and O–H groups in total. The van der Waals surface area contributed by atoms with Crippen LogP contribution in [0.2, 0.25) is 0 Å². The molecule has 3 heteroatoms. The normalized spacial score (nSPS) is 11.6. The van der Waals surface area contributed by atoms with Gasteiger partial charge in [0.25, 0.3) is 0 Å². The summed E-state index contributed by atoms with van der Waals surface area (Å²) in [6.45, 7) is 0. The lowest BCUT2D eigenvalue weighted by atomic mass is 9.99. The maximum absolute atomic E-state index is 2.40. The van der Waals surface area contributed by atoms with Crippen molar-refractivity contribution in [3.05, 3.63) is 140 Å². The summed E-state index contributed by atoms with van der Waals surface area (Å²) in [5.74, 6) is 0. The standard InChI is InChI=1S/C36H23NS2/c1-3-11-25(12-4-1)37(26-13-5-2-6-14-26)27-22-30(36-32(23-27)29-16-8-10-18-34(29)39-36)24-19-20-35-31(21-24)28-15-7-9-17-33(28)38-35/h1-23H. The minimum atomic E-state index is 1.15. The summed E-state index contributed by atoms with van der Waals surface area (Å²) in [5, 5.41) is 5.27. The van der Waals surface area contributed by atoms with Gasteiger partial charge in [0.05, 0.1) is 0 Å². The second kappa shape index (κ2) is 9.09. The average Bonchev–Trinajstić information content (AvgIpc) is 3.56. The summed E-state index contributed by atoms with van der Waals surface area (Å²) < 4.78 is 5.32. The van der Waals surface area contributed by atoms with E-state index in [1.165, 1.54) is 51.5 Å². The fraction of sp³-hybridized carbons (Fsp3) is 0. The van der Waals surface area contributed by atoms with Crippen molar-refractivity contribution in [3.8, 4) is 11.1 Å². The number of para-hydroxylation sites is 2. The molecule has 6 aromatic carbocycles. The van der Waals surface area contributed by atoms with Crippen LogP contribution < -0.4 is 4.90 Å². The van der Waals surface area contributed by atoms with E-state index in [0.717, 1.165) is 17.1 Å². The number of anilines is 3. The molecule has 0 aliphatic carbocycles. The third-order valence-corrected chi connectivity index (χ3v) is 9.81. The maximum Gasteiger partial charge on any atom is 0.0475 e. The van der Waals surface area contributed by atoms with E-state index in [2.05, 4.69) is 144 Å². The highest BCUT2D eigenvalue weighted by molar-refractivity contribution is 7.26. The summed E-state index contributed by atoms with van der Waals surface area (Å²) in [5.41, 5.74) is 5.98. The lowest BCUT2D eigenvalue weighted by Crippen LogP contribution is -2.09. The van der Waals surface area contributed by atoms with E-state index >= 15 is 0 Å². The van der Waals surface area contributed by atoms with Crippen molar-refractivity contribution in [2.24, 2.45) is 0 Å². The van der Waals surface area contributed by atoms with Crippen molar-refractivity contribution in [2.75, 3.05) is 4.90 Å². The number of thiophene rings is 2. The first kappa shape index (κ1) is 22.5. The Bertz CT molecular complexity index is 2080. The average molecular weight is 534 g/mol. The number of fused-ring (bicyclic) bond motifs is 6. The van der Waals surface area contributed by atoms with E-state index in [9.17, 15) is 0 Å². The molecule has 0 saturated carbocycles. The zero-order valence-electron chi connectivity index (χ0n) is 21.0. The molecule has 2 heterocycles. The van der Waals surface area contributed by atoms with Gasteiger partial charge in [-0.05, 0) is 66.2 Å². The SMILES string of the molecule is c1ccc(N(c2ccccc2)c2cc(-c3ccc4sc5ccccc5c4c3)c3sc4ccccc4c3c2)cc1. The number of nitrogens with zero attached hydrogens (tertiary/aromatic N) is 1. The number of rotatable bonds is 4. The van der Waals surface area contributed by atoms with E-state index in [4.69, 9.17) is 0 Å². The minimum Gasteiger partial charge on any atom is -0.310 e. The molecule has 0 saturated heterocycles. The van der Waals surface area contributed by atoms with Crippen LogP contribution in [0.15, 0.2) is 140 Å². The fourth-order valence-corrected chi connectivity index (χ4v) is 7.96. The molecule has 184 valence electrons. The number of benzene rings is 6. The summed E-state index contributed by atoms with van der Waals surface area (Å²) in [7, 11) is 0. The van der Waals surface area contributed by atoms with Crippen molar-refractivity contribution < 1.29 is 0 Å². The molecule has 8 aromatic rings. The van der Waals surface area contributed by atoms with Crippen LogP contribution in [-0.2, 0) is 0 Å². The molecule has 1 nitrogen and oxygen atoms in total. The Morgan fingerprint density at radius 1 is 0.385 bits per heavy atom. The van der Waals surface area contributed by atoms with Crippen LogP contribution in [0.3, 0.4) is 0 Å². The van der Waals surface area contributed by atoms with Gasteiger partial charge in [-0.15, -0.1) is 22.7 Å². The summed E-state index contributed by atoms with van der Waals surface area (Å²) in [4.78, 5) is 2.37. The van der Waals surface area contributed by atoms with E-state index in [1.54, 1.807) is 0 Å². The second-order valence-electron chi connectivity index (χ2n) is 9.78. The highest BCUT2D eigenvalue weighted by Crippen LogP contribution is 2.46. The van der Waals surface area contributed by atoms with Gasteiger partial charge in [0.1, 0.15) is 0 Å². The highest BCUT2D eigenvalue weighted by Gasteiger charge is 2.18. The Hall–Kier alpha value is -4.44. The Balaban J connectivity index is 1.44. The van der Waals surface area contributed by atoms with Gasteiger partial charge in [-0.25, -0.2) is 0 Å². The summed E-state index contributed by atoms with van der Waals surface area (Å²) >= 11 is 3.76. The molecular formula is C36H23NS2. The number of hydrogen-bond acceptors (Lipinski definition) is 3. The third kappa shape index (κ3) is 3.74. The van der Waals surface area contributed by atoms with Crippen molar-refractivity contribution in [1.29, 1.82) is 0 Å². The van der Waals surface area contributed by atoms with Gasteiger partial charge in [-0.2, -0.15) is 0 Å². The van der Waals surface area contributed by atoms with E-state index < -0.39 is 0 Å². The largest absolute Gasteiger partial charge is 0.310 e. The fourth-order valence-electron chi connectivity index (χ4n) is 5.65. The van der Waals surface area contributed by atoms with E-state index in [1.807, 2.05) is 22.7 Å². The molecule has 0 bridgehead atoms. The third-order valence-electron chi connectivity index (χ3n) is 7.44. The molecule has 0 unspecified atom stereocenters. The van der Waals surface area contributed by atoms with Gasteiger partial charge in [0.2, 0.25) is 0 Å². The van der Waals surface area contributed by atoms with Crippen LogP contribution in [0.4, 0.5) is 17.1 Å². The van der Waals surface area contributed by atoms with Gasteiger partial charge in [0.15, 0.2) is 0 Å². The van der Waals surface area contributed by atoms with Crippen molar-refractivity contribution in [2.45, 2.75) is 0 Å². The van der Waals surface area contributed by atoms with E-state index in [0.29, 0.717) is 0 Å². The molecule has 8 rings (SSSR count). The van der Waals surface area contributed by atoms with Gasteiger partial charge >= 0.3 is 0 Å². The number of hydrogen-bond donors (Lipinski definition) is 0. The second-order valence-corrected chi connectivity index (χ2v) is 11.9. The van der Waals surface area contributed by atoms with Crippen LogP contribution in [-0.4, -0.2) is 0 Å². The Morgan fingerprint density at radius 3 is 1.64 bits per heavy atom. The molecule has 0 amide bonds. The summed E-state index contributed by atoms with van der Waals surface area (Å²) in [6, 6.07) is 50.6. The Kier molecular flexibility index (Phi) is 5.25. The van der Waals surface area contributed by atoms with E-state index in [-0.39, 0.29) is 0 Å². The van der Waals surface area contributed by atoms with Crippen molar-refractivity contribution >= 4 is 80.1 Å². The van der Waals surface area contributed by atoms with Gasteiger partial charge in [-0.3, -0.25) is 0 Å². The first-order valence-corrected chi connectivity index (χ1v) is 14.7. The Labute approximate surface area is 234 Å². The van der Waals surface area contributed by atoms with Gasteiger partial charge < -0.3 is 4.90 Å². The van der Waals surface area contributed by atoms with Crippen LogP contribution in [0.25, 0.3) is 51.5 Å². The molecule has 2 aromatic heterocycles. The van der Waals surface area contributed by atoms with Gasteiger partial charge in [0, 0.05) is 63.0 Å². The molecule has 0 fully saturated rings.